The van der Waals surface area contributed by atoms with Crippen molar-refractivity contribution in [2.45, 2.75) is 19.4 Å². The summed E-state index contributed by atoms with van der Waals surface area (Å²) in [5, 5.41) is 2.80. The van der Waals surface area contributed by atoms with Gasteiger partial charge in [0.2, 0.25) is 17.4 Å². The molecule has 2 N–H and O–H groups in total. The number of rotatable bonds is 3. The third-order valence-corrected chi connectivity index (χ3v) is 4.38. The number of nitrogens with zero attached hydrogens (tertiary/aromatic N) is 2. The molecule has 27 heavy (non-hydrogen) atoms. The predicted molar refractivity (Wildman–Crippen MR) is 101 cm³/mol. The molecule has 0 saturated heterocycles. The molecule has 0 radical (unpaired) electrons. The van der Waals surface area contributed by atoms with Gasteiger partial charge < -0.3 is 20.1 Å². The number of anilines is 2. The second-order valence-electron chi connectivity index (χ2n) is 6.49. The smallest absolute Gasteiger partial charge is 0.255 e. The largest absolute Gasteiger partial charge is 0.332 e. The zero-order chi connectivity index (χ0) is 19.6. The summed E-state index contributed by atoms with van der Waals surface area (Å²) in [4.78, 5) is 53.9. The summed E-state index contributed by atoms with van der Waals surface area (Å²) in [6, 6.07) is 9.39. The summed E-state index contributed by atoms with van der Waals surface area (Å²) in [5.41, 5.74) is 1.14. The molecule has 140 valence electrons. The topological polar surface area (TPSA) is 103 Å². The minimum absolute atomic E-state index is 0.162. The van der Waals surface area contributed by atoms with E-state index in [0.717, 1.165) is 0 Å². The average molecular weight is 368 g/mol. The molecule has 8 nitrogen and oxygen atoms in total. The molecule has 2 aromatic rings. The Labute approximate surface area is 155 Å². The van der Waals surface area contributed by atoms with Gasteiger partial charge in [-0.2, -0.15) is 0 Å². The molecular formula is C19H20N4O4. The van der Waals surface area contributed by atoms with Gasteiger partial charge in [-0.1, -0.05) is 12.1 Å². The van der Waals surface area contributed by atoms with Crippen LogP contribution in [0.5, 0.6) is 0 Å². The lowest BCUT2D eigenvalue weighted by molar-refractivity contribution is -0.119. The van der Waals surface area contributed by atoms with Gasteiger partial charge in [-0.25, -0.2) is 0 Å². The molecular weight excluding hydrogens is 348 g/mol. The molecule has 2 heterocycles. The van der Waals surface area contributed by atoms with Gasteiger partial charge in [0.05, 0.1) is 16.9 Å². The Balaban J connectivity index is 1.82. The molecule has 3 amide bonds. The van der Waals surface area contributed by atoms with E-state index < -0.39 is 0 Å². The molecule has 1 atom stereocenters. The predicted octanol–water partition coefficient (Wildman–Crippen LogP) is 1.21. The third kappa shape index (κ3) is 3.89. The first-order valence-corrected chi connectivity index (χ1v) is 8.52. The van der Waals surface area contributed by atoms with Crippen LogP contribution in [0.3, 0.4) is 0 Å². The summed E-state index contributed by atoms with van der Waals surface area (Å²) >= 11 is 0. The van der Waals surface area contributed by atoms with E-state index in [4.69, 9.17) is 0 Å². The van der Waals surface area contributed by atoms with Gasteiger partial charge in [0.25, 0.3) is 5.91 Å². The molecule has 0 bridgehead atoms. The number of para-hydroxylation sites is 2. The maximum Gasteiger partial charge on any atom is 0.255 e. The van der Waals surface area contributed by atoms with E-state index in [0.29, 0.717) is 11.4 Å². The van der Waals surface area contributed by atoms with Crippen molar-refractivity contribution in [3.05, 3.63) is 58.5 Å². The van der Waals surface area contributed by atoms with Crippen molar-refractivity contribution in [1.82, 2.24) is 9.88 Å². The van der Waals surface area contributed by atoms with E-state index in [1.807, 2.05) is 0 Å². The minimum Gasteiger partial charge on any atom is -0.332 e. The Bertz CT molecular complexity index is 932. The van der Waals surface area contributed by atoms with Gasteiger partial charge in [-0.05, 0) is 25.1 Å². The molecule has 0 unspecified atom stereocenters. The van der Waals surface area contributed by atoms with Crippen LogP contribution in [-0.4, -0.2) is 47.2 Å². The molecule has 1 aromatic heterocycles. The van der Waals surface area contributed by atoms with Crippen molar-refractivity contribution in [1.29, 1.82) is 0 Å². The summed E-state index contributed by atoms with van der Waals surface area (Å²) in [6.07, 6.45) is 1.48. The van der Waals surface area contributed by atoms with Crippen molar-refractivity contribution in [3.63, 3.8) is 0 Å². The standard InChI is InChI=1S/C19H20N4O4/c1-12-9-17(25)21-14-5-3-4-6-15(14)23(12)18(26)11-22(2)19(27)13-7-8-16(24)20-10-13/h3-8,10,12H,9,11H2,1-2H3,(H,20,24)(H,21,25)/t12-/m1/s1. The number of H-pyrrole nitrogens is 1. The maximum atomic E-state index is 13.0. The number of hydrogen-bond acceptors (Lipinski definition) is 4. The second-order valence-corrected chi connectivity index (χ2v) is 6.49. The number of likely N-dealkylation sites (N-methyl/N-ethyl adjacent to an activating group) is 1. The van der Waals surface area contributed by atoms with Crippen LogP contribution in [0.2, 0.25) is 0 Å². The summed E-state index contributed by atoms with van der Waals surface area (Å²) in [6.45, 7) is 1.63. The van der Waals surface area contributed by atoms with E-state index in [9.17, 15) is 19.2 Å². The van der Waals surface area contributed by atoms with Gasteiger partial charge >= 0.3 is 0 Å². The summed E-state index contributed by atoms with van der Waals surface area (Å²) in [5.74, 6) is -0.848. The quantitative estimate of drug-likeness (QED) is 0.850. The number of aromatic amines is 1. The van der Waals surface area contributed by atoms with Gasteiger partial charge in [0.1, 0.15) is 6.54 Å². The average Bonchev–Trinajstić information content (AvgIpc) is 2.75. The van der Waals surface area contributed by atoms with Crippen LogP contribution in [0.25, 0.3) is 0 Å². The van der Waals surface area contributed by atoms with Gasteiger partial charge in [-0.15, -0.1) is 0 Å². The minimum atomic E-state index is -0.385. The molecule has 3 rings (SSSR count). The Kier molecular flexibility index (Phi) is 5.07. The van der Waals surface area contributed by atoms with Crippen molar-refractivity contribution < 1.29 is 14.4 Å². The Hall–Kier alpha value is -3.42. The molecule has 0 fully saturated rings. The van der Waals surface area contributed by atoms with Crippen LogP contribution in [0, 0.1) is 0 Å². The lowest BCUT2D eigenvalue weighted by Crippen LogP contribution is -2.45. The number of amides is 3. The lowest BCUT2D eigenvalue weighted by atomic mass is 10.1. The van der Waals surface area contributed by atoms with Gasteiger partial charge in [0.15, 0.2) is 0 Å². The monoisotopic (exact) mass is 368 g/mol. The first-order valence-electron chi connectivity index (χ1n) is 8.52. The van der Waals surface area contributed by atoms with Crippen LogP contribution < -0.4 is 15.8 Å². The number of pyridine rings is 1. The summed E-state index contributed by atoms with van der Waals surface area (Å²) in [7, 11) is 1.52. The zero-order valence-electron chi connectivity index (χ0n) is 15.1. The SMILES string of the molecule is C[C@@H]1CC(=O)Nc2ccccc2N1C(=O)CN(C)C(=O)c1ccc(=O)[nH]c1. The number of nitrogens with one attached hydrogen (secondary N) is 2. The third-order valence-electron chi connectivity index (χ3n) is 4.38. The fourth-order valence-corrected chi connectivity index (χ4v) is 3.08. The van der Waals surface area contributed by atoms with Crippen molar-refractivity contribution in [2.75, 3.05) is 23.8 Å². The van der Waals surface area contributed by atoms with Crippen LogP contribution in [-0.2, 0) is 9.59 Å². The van der Waals surface area contributed by atoms with Crippen molar-refractivity contribution >= 4 is 29.1 Å². The van der Waals surface area contributed by atoms with E-state index in [1.165, 1.54) is 30.3 Å². The van der Waals surface area contributed by atoms with Crippen LogP contribution in [0.1, 0.15) is 23.7 Å². The Morgan fingerprint density at radius 3 is 2.63 bits per heavy atom. The van der Waals surface area contributed by atoms with E-state index in [-0.39, 0.29) is 47.9 Å². The molecule has 1 aliphatic heterocycles. The molecule has 8 heteroatoms. The molecule has 0 saturated carbocycles. The number of carbonyl (C=O) groups excluding carboxylic acids is 3. The number of aromatic nitrogens is 1. The van der Waals surface area contributed by atoms with Gasteiger partial charge in [-0.3, -0.25) is 19.2 Å². The van der Waals surface area contributed by atoms with Crippen LogP contribution >= 0.6 is 0 Å². The molecule has 1 aromatic carbocycles. The highest BCUT2D eigenvalue weighted by atomic mass is 16.2. The highest BCUT2D eigenvalue weighted by molar-refractivity contribution is 6.06. The highest BCUT2D eigenvalue weighted by Crippen LogP contribution is 2.31. The van der Waals surface area contributed by atoms with Crippen LogP contribution in [0.15, 0.2) is 47.4 Å². The fourth-order valence-electron chi connectivity index (χ4n) is 3.08. The fraction of sp³-hybridized carbons (Fsp3) is 0.263. The van der Waals surface area contributed by atoms with Crippen molar-refractivity contribution in [3.8, 4) is 0 Å². The number of benzene rings is 1. The Morgan fingerprint density at radius 2 is 1.93 bits per heavy atom. The van der Waals surface area contributed by atoms with Crippen molar-refractivity contribution in [2.24, 2.45) is 0 Å². The second kappa shape index (κ2) is 7.45. The normalized spacial score (nSPS) is 16.1. The first kappa shape index (κ1) is 18.4. The maximum absolute atomic E-state index is 13.0. The van der Waals surface area contributed by atoms with E-state index >= 15 is 0 Å². The summed E-state index contributed by atoms with van der Waals surface area (Å²) < 4.78 is 0. The molecule has 1 aliphatic rings. The number of hydrogen-bond donors (Lipinski definition) is 2. The molecule has 0 spiro atoms. The molecule has 0 aliphatic carbocycles. The van der Waals surface area contributed by atoms with Gasteiger partial charge in [0, 0.05) is 31.8 Å². The van der Waals surface area contributed by atoms with Crippen LogP contribution in [0.4, 0.5) is 11.4 Å². The lowest BCUT2D eigenvalue weighted by Gasteiger charge is -2.29. The Morgan fingerprint density at radius 1 is 1.19 bits per heavy atom. The number of fused-ring (bicyclic) bond motifs is 1. The van der Waals surface area contributed by atoms with E-state index in [2.05, 4.69) is 10.3 Å². The zero-order valence-corrected chi connectivity index (χ0v) is 15.1. The highest BCUT2D eigenvalue weighted by Gasteiger charge is 2.30. The van der Waals surface area contributed by atoms with E-state index in [1.54, 1.807) is 36.1 Å². The number of carbonyl (C=O) groups is 3. The first-order chi connectivity index (χ1) is 12.9.